The summed E-state index contributed by atoms with van der Waals surface area (Å²) < 4.78 is 1.33. The van der Waals surface area contributed by atoms with Crippen LogP contribution in [-0.2, 0) is 11.3 Å². The van der Waals surface area contributed by atoms with Gasteiger partial charge in [0.1, 0.15) is 12.9 Å². The van der Waals surface area contributed by atoms with Crippen molar-refractivity contribution >= 4 is 11.8 Å². The topological polar surface area (TPSA) is 113 Å². The number of tetrazole rings is 1. The number of piperidine rings is 1. The molecule has 9 nitrogen and oxygen atoms in total. The van der Waals surface area contributed by atoms with Crippen LogP contribution in [0.1, 0.15) is 16.8 Å². The van der Waals surface area contributed by atoms with Crippen LogP contribution in [0.3, 0.4) is 0 Å². The Morgan fingerprint density at radius 1 is 1.29 bits per heavy atom. The molecule has 1 saturated heterocycles. The van der Waals surface area contributed by atoms with Crippen LogP contribution in [0.25, 0.3) is 0 Å². The van der Waals surface area contributed by atoms with Crippen LogP contribution < -0.4 is 5.32 Å². The third-order valence-corrected chi connectivity index (χ3v) is 3.98. The van der Waals surface area contributed by atoms with Gasteiger partial charge in [-0.1, -0.05) is 18.2 Å². The minimum absolute atomic E-state index is 0.0285. The molecule has 0 bridgehead atoms. The molecule has 0 spiro atoms. The van der Waals surface area contributed by atoms with Gasteiger partial charge in [-0.25, -0.2) is 4.68 Å². The number of likely N-dealkylation sites (tertiary alicyclic amines) is 1. The Labute approximate surface area is 138 Å². The van der Waals surface area contributed by atoms with Crippen molar-refractivity contribution in [3.8, 4) is 0 Å². The summed E-state index contributed by atoms with van der Waals surface area (Å²) in [5.41, 5.74) is 0.543. The third-order valence-electron chi connectivity index (χ3n) is 3.98. The Kier molecular flexibility index (Phi) is 4.80. The van der Waals surface area contributed by atoms with Crippen LogP contribution >= 0.6 is 0 Å². The molecule has 0 unspecified atom stereocenters. The van der Waals surface area contributed by atoms with Gasteiger partial charge in [-0.15, -0.1) is 5.10 Å². The number of nitrogens with one attached hydrogen (secondary N) is 1. The van der Waals surface area contributed by atoms with E-state index in [1.54, 1.807) is 29.2 Å². The third kappa shape index (κ3) is 3.74. The van der Waals surface area contributed by atoms with Gasteiger partial charge in [0.15, 0.2) is 0 Å². The van der Waals surface area contributed by atoms with Crippen LogP contribution in [-0.4, -0.2) is 67.3 Å². The van der Waals surface area contributed by atoms with Crippen LogP contribution in [0.4, 0.5) is 0 Å². The van der Waals surface area contributed by atoms with E-state index in [0.717, 1.165) is 0 Å². The Bertz CT molecular complexity index is 690. The lowest BCUT2D eigenvalue weighted by molar-refractivity contribution is -0.135. The second-order valence-electron chi connectivity index (χ2n) is 5.65. The lowest BCUT2D eigenvalue weighted by atomic mass is 10.0. The van der Waals surface area contributed by atoms with Crippen molar-refractivity contribution in [2.45, 2.75) is 25.1 Å². The van der Waals surface area contributed by atoms with Crippen LogP contribution in [0.2, 0.25) is 0 Å². The molecule has 24 heavy (non-hydrogen) atoms. The second kappa shape index (κ2) is 7.18. The SMILES string of the molecule is O=C(N[C@@H]1CCN(C(=O)Cn2cnnn2)C[C@H]1O)c1ccccc1. The number of carbonyl (C=O) groups is 2. The van der Waals surface area contributed by atoms with E-state index in [4.69, 9.17) is 0 Å². The molecule has 1 fully saturated rings. The molecule has 2 N–H and O–H groups in total. The summed E-state index contributed by atoms with van der Waals surface area (Å²) in [4.78, 5) is 25.9. The normalized spacial score (nSPS) is 20.6. The number of aromatic nitrogens is 4. The molecule has 1 aliphatic heterocycles. The lowest BCUT2D eigenvalue weighted by Crippen LogP contribution is -2.55. The van der Waals surface area contributed by atoms with E-state index in [1.807, 2.05) is 6.07 Å². The van der Waals surface area contributed by atoms with Crippen molar-refractivity contribution in [1.29, 1.82) is 0 Å². The number of rotatable bonds is 4. The number of hydrogen-bond acceptors (Lipinski definition) is 6. The van der Waals surface area contributed by atoms with Gasteiger partial charge in [0, 0.05) is 18.7 Å². The molecule has 2 heterocycles. The molecule has 0 saturated carbocycles. The van der Waals surface area contributed by atoms with Crippen LogP contribution in [0, 0.1) is 0 Å². The monoisotopic (exact) mass is 330 g/mol. The first-order valence-corrected chi connectivity index (χ1v) is 7.66. The maximum absolute atomic E-state index is 12.2. The number of nitrogens with zero attached hydrogens (tertiary/aromatic N) is 5. The molecule has 126 valence electrons. The molecule has 0 aliphatic carbocycles. The van der Waals surface area contributed by atoms with Crippen LogP contribution in [0.15, 0.2) is 36.7 Å². The summed E-state index contributed by atoms with van der Waals surface area (Å²) in [7, 11) is 0. The number of amides is 2. The minimum atomic E-state index is -0.816. The van der Waals surface area contributed by atoms with Gasteiger partial charge < -0.3 is 15.3 Å². The highest BCUT2D eigenvalue weighted by Crippen LogP contribution is 2.13. The first-order chi connectivity index (χ1) is 11.6. The predicted octanol–water partition coefficient (Wildman–Crippen LogP) is -0.935. The fourth-order valence-corrected chi connectivity index (χ4v) is 2.66. The molecule has 2 aromatic rings. The van der Waals surface area contributed by atoms with E-state index < -0.39 is 6.10 Å². The smallest absolute Gasteiger partial charge is 0.251 e. The summed E-state index contributed by atoms with van der Waals surface area (Å²) >= 11 is 0. The van der Waals surface area contributed by atoms with Gasteiger partial charge in [0.2, 0.25) is 5.91 Å². The molecule has 0 radical (unpaired) electrons. The number of β-amino-alcohol motifs (C(OH)–C–C–N with tert-alkyl or cyclic N) is 1. The van der Waals surface area contributed by atoms with Crippen molar-refractivity contribution in [3.63, 3.8) is 0 Å². The maximum Gasteiger partial charge on any atom is 0.251 e. The zero-order valence-electron chi connectivity index (χ0n) is 12.9. The Hall–Kier alpha value is -2.81. The Balaban J connectivity index is 1.53. The van der Waals surface area contributed by atoms with Gasteiger partial charge in [-0.05, 0) is 29.0 Å². The Morgan fingerprint density at radius 2 is 2.08 bits per heavy atom. The van der Waals surface area contributed by atoms with Gasteiger partial charge in [-0.2, -0.15) is 0 Å². The minimum Gasteiger partial charge on any atom is -0.389 e. The number of hydrogen-bond donors (Lipinski definition) is 2. The molecule has 9 heteroatoms. The molecule has 2 amide bonds. The largest absolute Gasteiger partial charge is 0.389 e. The zero-order chi connectivity index (χ0) is 16.9. The zero-order valence-corrected chi connectivity index (χ0v) is 12.9. The summed E-state index contributed by atoms with van der Waals surface area (Å²) in [6, 6.07) is 8.45. The highest BCUT2D eigenvalue weighted by atomic mass is 16.3. The molecule has 2 atom stereocenters. The van der Waals surface area contributed by atoms with Crippen molar-refractivity contribution in [1.82, 2.24) is 30.4 Å². The van der Waals surface area contributed by atoms with Gasteiger partial charge in [0.25, 0.3) is 5.91 Å². The number of aliphatic hydroxyl groups is 1. The van der Waals surface area contributed by atoms with Crippen molar-refractivity contribution < 1.29 is 14.7 Å². The molecule has 3 rings (SSSR count). The fourth-order valence-electron chi connectivity index (χ4n) is 2.66. The highest BCUT2D eigenvalue weighted by molar-refractivity contribution is 5.94. The average Bonchev–Trinajstić information content (AvgIpc) is 3.10. The number of carbonyl (C=O) groups excluding carboxylic acids is 2. The quantitative estimate of drug-likeness (QED) is 0.748. The average molecular weight is 330 g/mol. The standard InChI is InChI=1S/C15H18N6O3/c22-13-8-20(14(23)9-21-10-16-18-19-21)7-6-12(13)17-15(24)11-4-2-1-3-5-11/h1-5,10,12-13,22H,6-9H2,(H,17,24)/t12-,13-/m1/s1. The fraction of sp³-hybridized carbons (Fsp3) is 0.400. The maximum atomic E-state index is 12.2. The van der Waals surface area contributed by atoms with Crippen LogP contribution in [0.5, 0.6) is 0 Å². The Morgan fingerprint density at radius 3 is 2.75 bits per heavy atom. The molecule has 1 aliphatic rings. The highest BCUT2D eigenvalue weighted by Gasteiger charge is 2.31. The van der Waals surface area contributed by atoms with Crippen molar-refractivity contribution in [2.24, 2.45) is 0 Å². The summed E-state index contributed by atoms with van der Waals surface area (Å²) in [5, 5.41) is 23.7. The molecular formula is C15H18N6O3. The van der Waals surface area contributed by atoms with Gasteiger partial charge >= 0.3 is 0 Å². The van der Waals surface area contributed by atoms with Crippen molar-refractivity contribution in [2.75, 3.05) is 13.1 Å². The van der Waals surface area contributed by atoms with E-state index in [-0.39, 0.29) is 30.9 Å². The summed E-state index contributed by atoms with van der Waals surface area (Å²) in [6.07, 6.45) is 1.03. The molecule has 1 aromatic heterocycles. The summed E-state index contributed by atoms with van der Waals surface area (Å²) in [5.74, 6) is -0.401. The van der Waals surface area contributed by atoms with E-state index in [1.165, 1.54) is 11.0 Å². The van der Waals surface area contributed by atoms with Gasteiger partial charge in [0.05, 0.1) is 12.1 Å². The van der Waals surface area contributed by atoms with Gasteiger partial charge in [-0.3, -0.25) is 9.59 Å². The van der Waals surface area contributed by atoms with E-state index >= 15 is 0 Å². The second-order valence-corrected chi connectivity index (χ2v) is 5.65. The first-order valence-electron chi connectivity index (χ1n) is 7.66. The summed E-state index contributed by atoms with van der Waals surface area (Å²) in [6.45, 7) is 0.652. The lowest BCUT2D eigenvalue weighted by Gasteiger charge is -2.36. The number of aliphatic hydroxyl groups excluding tert-OH is 1. The first kappa shape index (κ1) is 16.1. The van der Waals surface area contributed by atoms with E-state index in [9.17, 15) is 14.7 Å². The number of benzene rings is 1. The molecule has 1 aromatic carbocycles. The molecular weight excluding hydrogens is 312 g/mol. The van der Waals surface area contributed by atoms with Crippen molar-refractivity contribution in [3.05, 3.63) is 42.2 Å². The van der Waals surface area contributed by atoms with E-state index in [2.05, 4.69) is 20.8 Å². The van der Waals surface area contributed by atoms with E-state index in [0.29, 0.717) is 18.5 Å². The predicted molar refractivity (Wildman–Crippen MR) is 82.7 cm³/mol.